The van der Waals surface area contributed by atoms with Gasteiger partial charge in [0.05, 0.1) is 25.0 Å². The minimum Gasteiger partial charge on any atom is -0.387 e. The summed E-state index contributed by atoms with van der Waals surface area (Å²) >= 11 is 1.37. The number of thiazole rings is 1. The molecule has 0 spiro atoms. The van der Waals surface area contributed by atoms with Crippen molar-refractivity contribution in [1.29, 1.82) is 0 Å². The van der Waals surface area contributed by atoms with Gasteiger partial charge in [0.25, 0.3) is 0 Å². The van der Waals surface area contributed by atoms with Crippen molar-refractivity contribution in [2.45, 2.75) is 50.7 Å². The summed E-state index contributed by atoms with van der Waals surface area (Å²) in [7, 11) is 0. The maximum absolute atomic E-state index is 13.5. The van der Waals surface area contributed by atoms with E-state index in [-0.39, 0.29) is 18.9 Å². The number of aromatic nitrogens is 3. The zero-order valence-electron chi connectivity index (χ0n) is 16.3. The van der Waals surface area contributed by atoms with Crippen molar-refractivity contribution in [3.05, 3.63) is 17.1 Å². The predicted octanol–water partition coefficient (Wildman–Crippen LogP) is 3.48. The third kappa shape index (κ3) is 4.99. The van der Waals surface area contributed by atoms with Crippen molar-refractivity contribution < 1.29 is 18.6 Å². The van der Waals surface area contributed by atoms with E-state index < -0.39 is 12.0 Å². The van der Waals surface area contributed by atoms with E-state index in [1.54, 1.807) is 12.3 Å². The van der Waals surface area contributed by atoms with E-state index in [4.69, 9.17) is 4.74 Å². The van der Waals surface area contributed by atoms with Gasteiger partial charge in [-0.1, -0.05) is 0 Å². The second-order valence-corrected chi connectivity index (χ2v) is 8.42. The predicted molar refractivity (Wildman–Crippen MR) is 108 cm³/mol. The van der Waals surface area contributed by atoms with Crippen LogP contribution in [0.4, 0.5) is 20.4 Å². The first kappa shape index (κ1) is 20.4. The molecule has 1 aliphatic carbocycles. The summed E-state index contributed by atoms with van der Waals surface area (Å²) in [6, 6.07) is 1.82. The summed E-state index contributed by atoms with van der Waals surface area (Å²) in [4.78, 5) is 15.9. The van der Waals surface area contributed by atoms with Crippen molar-refractivity contribution in [1.82, 2.24) is 15.0 Å². The molecule has 1 atom stereocenters. The largest absolute Gasteiger partial charge is 0.387 e. The zero-order valence-corrected chi connectivity index (χ0v) is 17.1. The van der Waals surface area contributed by atoms with Gasteiger partial charge in [0.15, 0.2) is 10.8 Å². The Bertz CT molecular complexity index is 832. The van der Waals surface area contributed by atoms with Gasteiger partial charge in [-0.15, -0.1) is 11.3 Å². The van der Waals surface area contributed by atoms with E-state index in [2.05, 4.69) is 25.2 Å². The summed E-state index contributed by atoms with van der Waals surface area (Å²) in [5.74, 6) is -0.725. The van der Waals surface area contributed by atoms with Gasteiger partial charge >= 0.3 is 0 Å². The maximum atomic E-state index is 13.5. The molecule has 158 valence electrons. The van der Waals surface area contributed by atoms with Crippen LogP contribution < -0.4 is 10.2 Å². The van der Waals surface area contributed by atoms with E-state index in [0.717, 1.165) is 18.9 Å². The molecule has 3 heterocycles. The first-order valence-corrected chi connectivity index (χ1v) is 10.8. The van der Waals surface area contributed by atoms with Crippen LogP contribution in [0, 0.1) is 0 Å². The van der Waals surface area contributed by atoms with Gasteiger partial charge in [0.1, 0.15) is 11.6 Å². The average Bonchev–Trinajstić information content (AvgIpc) is 3.21. The van der Waals surface area contributed by atoms with Crippen LogP contribution in [0.25, 0.3) is 10.8 Å². The fraction of sp³-hybridized carbons (Fsp3) is 0.632. The Kier molecular flexibility index (Phi) is 5.93. The fourth-order valence-corrected chi connectivity index (χ4v) is 4.37. The topological polar surface area (TPSA) is 83.4 Å². The molecular formula is C19H25F2N5O2S. The first-order chi connectivity index (χ1) is 13.9. The number of halogens is 2. The highest BCUT2D eigenvalue weighted by atomic mass is 32.1. The molecule has 10 heteroatoms. The molecule has 0 bridgehead atoms. The normalized spacial score (nSPS) is 21.2. The number of aliphatic hydroxyl groups excluding tert-OH is 1. The number of ether oxygens (including phenoxy) is 1. The molecule has 2 aromatic heterocycles. The van der Waals surface area contributed by atoms with E-state index in [1.807, 2.05) is 6.07 Å². The third-order valence-corrected chi connectivity index (χ3v) is 6.11. The van der Waals surface area contributed by atoms with Crippen LogP contribution in [0.15, 0.2) is 11.4 Å². The number of hydrogen-bond donors (Lipinski definition) is 2. The SMILES string of the molecule is CC(O)c1csc(-c2nc(NC3CCC(F)(F)CC3)cc(N3CCOCC3)n2)n1. The van der Waals surface area contributed by atoms with Crippen LogP contribution in [0.5, 0.6) is 0 Å². The van der Waals surface area contributed by atoms with Crippen molar-refractivity contribution in [2.24, 2.45) is 0 Å². The monoisotopic (exact) mass is 425 g/mol. The molecule has 1 aliphatic heterocycles. The Balaban J connectivity index is 1.60. The second kappa shape index (κ2) is 8.45. The number of nitrogens with one attached hydrogen (secondary N) is 1. The number of nitrogens with zero attached hydrogens (tertiary/aromatic N) is 4. The molecule has 0 aromatic carbocycles. The average molecular weight is 426 g/mol. The molecule has 1 saturated heterocycles. The van der Waals surface area contributed by atoms with Gasteiger partial charge in [-0.25, -0.2) is 23.7 Å². The number of rotatable bonds is 5. The lowest BCUT2D eigenvalue weighted by Gasteiger charge is -2.30. The van der Waals surface area contributed by atoms with Gasteiger partial charge in [0.2, 0.25) is 5.92 Å². The van der Waals surface area contributed by atoms with Crippen LogP contribution in [0.1, 0.15) is 44.4 Å². The minimum absolute atomic E-state index is 0.0424. The number of alkyl halides is 2. The molecule has 2 fully saturated rings. The fourth-order valence-electron chi connectivity index (χ4n) is 3.53. The Morgan fingerprint density at radius 1 is 1.24 bits per heavy atom. The highest BCUT2D eigenvalue weighted by molar-refractivity contribution is 7.13. The van der Waals surface area contributed by atoms with Gasteiger partial charge in [-0.3, -0.25) is 0 Å². The Morgan fingerprint density at radius 3 is 2.62 bits per heavy atom. The molecular weight excluding hydrogens is 400 g/mol. The van der Waals surface area contributed by atoms with E-state index in [1.165, 1.54) is 11.3 Å². The number of aliphatic hydroxyl groups is 1. The number of anilines is 2. The Hall–Kier alpha value is -1.91. The minimum atomic E-state index is -2.56. The lowest BCUT2D eigenvalue weighted by Crippen LogP contribution is -2.37. The number of morpholine rings is 1. The summed E-state index contributed by atoms with van der Waals surface area (Å²) < 4.78 is 32.4. The summed E-state index contributed by atoms with van der Waals surface area (Å²) in [6.07, 6.45) is -0.0682. The molecule has 1 saturated carbocycles. The summed E-state index contributed by atoms with van der Waals surface area (Å²) in [6.45, 7) is 4.37. The summed E-state index contributed by atoms with van der Waals surface area (Å²) in [5, 5.41) is 15.5. The third-order valence-electron chi connectivity index (χ3n) is 5.26. The smallest absolute Gasteiger partial charge is 0.248 e. The lowest BCUT2D eigenvalue weighted by atomic mass is 9.92. The Morgan fingerprint density at radius 2 is 1.97 bits per heavy atom. The molecule has 2 aliphatic rings. The molecule has 29 heavy (non-hydrogen) atoms. The second-order valence-electron chi connectivity index (χ2n) is 7.56. The van der Waals surface area contributed by atoms with Crippen molar-refractivity contribution >= 4 is 23.0 Å². The molecule has 2 N–H and O–H groups in total. The maximum Gasteiger partial charge on any atom is 0.248 e. The van der Waals surface area contributed by atoms with Crippen LogP contribution >= 0.6 is 11.3 Å². The van der Waals surface area contributed by atoms with E-state index in [0.29, 0.717) is 48.4 Å². The van der Waals surface area contributed by atoms with E-state index >= 15 is 0 Å². The molecule has 2 aromatic rings. The van der Waals surface area contributed by atoms with Crippen LogP contribution in [-0.4, -0.2) is 58.3 Å². The Labute approximate surface area is 172 Å². The first-order valence-electron chi connectivity index (χ1n) is 9.90. The van der Waals surface area contributed by atoms with Gasteiger partial charge in [-0.2, -0.15) is 0 Å². The van der Waals surface area contributed by atoms with Crippen molar-refractivity contribution in [3.8, 4) is 10.8 Å². The number of hydrogen-bond acceptors (Lipinski definition) is 8. The van der Waals surface area contributed by atoms with Crippen molar-refractivity contribution in [3.63, 3.8) is 0 Å². The van der Waals surface area contributed by atoms with Gasteiger partial charge in [0, 0.05) is 43.4 Å². The lowest BCUT2D eigenvalue weighted by molar-refractivity contribution is -0.0361. The van der Waals surface area contributed by atoms with Gasteiger partial charge in [-0.05, 0) is 19.8 Å². The van der Waals surface area contributed by atoms with Crippen LogP contribution in [0.3, 0.4) is 0 Å². The zero-order chi connectivity index (χ0) is 20.4. The summed E-state index contributed by atoms with van der Waals surface area (Å²) in [5.41, 5.74) is 0.578. The van der Waals surface area contributed by atoms with Crippen LogP contribution in [0.2, 0.25) is 0 Å². The van der Waals surface area contributed by atoms with Crippen molar-refractivity contribution in [2.75, 3.05) is 36.5 Å². The molecule has 0 amide bonds. The van der Waals surface area contributed by atoms with Crippen LogP contribution in [-0.2, 0) is 4.74 Å². The molecule has 7 nitrogen and oxygen atoms in total. The molecule has 0 radical (unpaired) electrons. The van der Waals surface area contributed by atoms with E-state index in [9.17, 15) is 13.9 Å². The van der Waals surface area contributed by atoms with Gasteiger partial charge < -0.3 is 20.1 Å². The quantitative estimate of drug-likeness (QED) is 0.759. The highest BCUT2D eigenvalue weighted by Crippen LogP contribution is 2.35. The molecule has 1 unspecified atom stereocenters. The standard InChI is InChI=1S/C19H25F2N5O2S/c1-12(27)14-11-29-18(23-14)17-24-15(22-13-2-4-19(20,21)5-3-13)10-16(25-17)26-6-8-28-9-7-26/h10-13,27H,2-9H2,1H3,(H,22,24,25). The molecule has 4 rings (SSSR count). The highest BCUT2D eigenvalue weighted by Gasteiger charge is 2.35.